The van der Waals surface area contributed by atoms with Crippen molar-refractivity contribution in [2.75, 3.05) is 16.8 Å². The Morgan fingerprint density at radius 2 is 2.19 bits per heavy atom. The Morgan fingerprint density at radius 3 is 2.89 bits per heavy atom. The third-order valence-corrected chi connectivity index (χ3v) is 9.27. The summed E-state index contributed by atoms with van der Waals surface area (Å²) in [6.07, 6.45) is 2.04. The molecule has 1 saturated heterocycles. The molecule has 3 N–H and O–H groups in total. The maximum absolute atomic E-state index is 13.1. The van der Waals surface area contributed by atoms with E-state index in [1.54, 1.807) is 5.51 Å². The number of aliphatic carboxylic acids is 1. The van der Waals surface area contributed by atoms with Gasteiger partial charge in [0.25, 0.3) is 11.8 Å². The van der Waals surface area contributed by atoms with E-state index < -0.39 is 29.2 Å². The number of aromatic nitrogens is 3. The molecule has 17 heteroatoms. The first-order valence-corrected chi connectivity index (χ1v) is 14.3. The number of hydrogen-bond acceptors (Lipinski definition) is 13. The molecule has 0 unspecified atom stereocenters. The minimum absolute atomic E-state index is 0.0682. The fourth-order valence-electron chi connectivity index (χ4n) is 3.38. The van der Waals surface area contributed by atoms with E-state index in [2.05, 4.69) is 31.0 Å². The predicted molar refractivity (Wildman–Crippen MR) is 133 cm³/mol. The van der Waals surface area contributed by atoms with Crippen molar-refractivity contribution in [3.05, 3.63) is 27.9 Å². The molecule has 0 spiro atoms. The molecular formula is C19H17N7O6S4. The largest absolute Gasteiger partial charge is 0.477 e. The fraction of sp³-hybridized carbons (Fsp3) is 0.368. The van der Waals surface area contributed by atoms with Crippen LogP contribution in [0.3, 0.4) is 0 Å². The number of thiazole rings is 1. The molecule has 13 nitrogen and oxygen atoms in total. The van der Waals surface area contributed by atoms with Gasteiger partial charge in [-0.2, -0.15) is 0 Å². The smallest absolute Gasteiger partial charge is 0.352 e. The van der Waals surface area contributed by atoms with Gasteiger partial charge in [0, 0.05) is 16.9 Å². The number of amides is 3. The lowest BCUT2D eigenvalue weighted by Gasteiger charge is -2.49. The van der Waals surface area contributed by atoms with Crippen LogP contribution in [0.1, 0.15) is 18.5 Å². The monoisotopic (exact) mass is 567 g/mol. The Kier molecular flexibility index (Phi) is 7.22. The lowest BCUT2D eigenvalue weighted by atomic mass is 10.0. The summed E-state index contributed by atoms with van der Waals surface area (Å²) in [6.45, 7) is 0. The molecule has 2 aromatic rings. The molecule has 2 atom stereocenters. The number of carbonyl (C=O) groups is 4. The summed E-state index contributed by atoms with van der Waals surface area (Å²) in [5, 5.41) is 27.8. The topological polar surface area (TPSA) is 176 Å². The van der Waals surface area contributed by atoms with Gasteiger partial charge in [-0.05, 0) is 18.4 Å². The minimum Gasteiger partial charge on any atom is -0.477 e. The van der Waals surface area contributed by atoms with E-state index in [9.17, 15) is 24.3 Å². The number of anilines is 1. The van der Waals surface area contributed by atoms with E-state index in [0.29, 0.717) is 27.8 Å². The third-order valence-electron chi connectivity index (χ3n) is 5.21. The Balaban J connectivity index is 1.30. The number of carboxylic acids is 1. The SMILES string of the molecule is O=CNc1nc(C(=NOC2CC2)C(=O)N[C@@H]2C(=O)N3C(C(=O)O)=C(CSc4nncs4)CS[C@@H]23)cs1. The first-order valence-electron chi connectivity index (χ1n) is 10.5. The average molecular weight is 568 g/mol. The Morgan fingerprint density at radius 1 is 1.36 bits per heavy atom. The molecule has 1 aliphatic carbocycles. The van der Waals surface area contributed by atoms with E-state index >= 15 is 0 Å². The normalized spacial score (nSPS) is 21.5. The molecule has 36 heavy (non-hydrogen) atoms. The first kappa shape index (κ1) is 24.7. The average Bonchev–Trinajstić information content (AvgIpc) is 3.33. The molecule has 2 aromatic heterocycles. The molecular weight excluding hydrogens is 551 g/mol. The van der Waals surface area contributed by atoms with Crippen LogP contribution in [0, 0.1) is 0 Å². The summed E-state index contributed by atoms with van der Waals surface area (Å²) < 4.78 is 0.702. The number of oxime groups is 1. The molecule has 5 rings (SSSR count). The molecule has 1 saturated carbocycles. The van der Waals surface area contributed by atoms with Crippen molar-refractivity contribution >= 4 is 81.2 Å². The van der Waals surface area contributed by atoms with E-state index in [-0.39, 0.29) is 28.3 Å². The van der Waals surface area contributed by atoms with Crippen LogP contribution in [0.5, 0.6) is 0 Å². The first-order chi connectivity index (χ1) is 17.5. The van der Waals surface area contributed by atoms with Crippen LogP contribution >= 0.6 is 46.2 Å². The van der Waals surface area contributed by atoms with Crippen LogP contribution in [-0.2, 0) is 24.0 Å². The number of carboxylic acid groups (broad SMARTS) is 1. The van der Waals surface area contributed by atoms with Gasteiger partial charge in [-0.25, -0.2) is 9.78 Å². The maximum Gasteiger partial charge on any atom is 0.352 e. The van der Waals surface area contributed by atoms with Crippen LogP contribution in [-0.4, -0.2) is 84.1 Å². The van der Waals surface area contributed by atoms with Gasteiger partial charge in [-0.3, -0.25) is 19.3 Å². The predicted octanol–water partition coefficient (Wildman–Crippen LogP) is 0.977. The fourth-order valence-corrected chi connectivity index (χ4v) is 7.01. The number of nitrogens with one attached hydrogen (secondary N) is 2. The zero-order chi connectivity index (χ0) is 25.2. The molecule has 3 aliphatic rings. The second-order valence-electron chi connectivity index (χ2n) is 7.66. The summed E-state index contributed by atoms with van der Waals surface area (Å²) in [4.78, 5) is 59.6. The van der Waals surface area contributed by atoms with Gasteiger partial charge in [0.1, 0.15) is 34.4 Å². The molecule has 0 bridgehead atoms. The summed E-state index contributed by atoms with van der Waals surface area (Å²) in [5.74, 6) is -1.68. The molecule has 0 radical (unpaired) electrons. The van der Waals surface area contributed by atoms with E-state index in [0.717, 1.165) is 24.2 Å². The molecule has 2 aliphatic heterocycles. The number of hydrogen-bond donors (Lipinski definition) is 3. The summed E-state index contributed by atoms with van der Waals surface area (Å²) in [6, 6.07) is -0.938. The van der Waals surface area contributed by atoms with Crippen LogP contribution in [0.2, 0.25) is 0 Å². The highest BCUT2D eigenvalue weighted by Gasteiger charge is 2.54. The summed E-state index contributed by atoms with van der Waals surface area (Å²) in [5.41, 5.74) is 2.17. The number of fused-ring (bicyclic) bond motifs is 1. The summed E-state index contributed by atoms with van der Waals surface area (Å²) >= 11 is 5.18. The van der Waals surface area contributed by atoms with Crippen LogP contribution in [0.25, 0.3) is 0 Å². The quantitative estimate of drug-likeness (QED) is 0.116. The molecule has 4 heterocycles. The van der Waals surface area contributed by atoms with Crippen LogP contribution in [0.4, 0.5) is 5.13 Å². The second kappa shape index (κ2) is 10.5. The molecule has 188 valence electrons. The van der Waals surface area contributed by atoms with Gasteiger partial charge < -0.3 is 20.6 Å². The number of carbonyl (C=O) groups excluding carboxylic acids is 3. The van der Waals surface area contributed by atoms with E-state index in [1.807, 2.05) is 0 Å². The Labute approximate surface area is 219 Å². The molecule has 2 fully saturated rings. The number of β-lactam (4-membered cyclic amide) rings is 1. The van der Waals surface area contributed by atoms with Crippen LogP contribution in [0.15, 0.2) is 31.7 Å². The lowest BCUT2D eigenvalue weighted by Crippen LogP contribution is -2.71. The van der Waals surface area contributed by atoms with Crippen molar-refractivity contribution in [1.82, 2.24) is 25.4 Å². The van der Waals surface area contributed by atoms with Crippen molar-refractivity contribution in [3.63, 3.8) is 0 Å². The van der Waals surface area contributed by atoms with Crippen molar-refractivity contribution in [2.45, 2.75) is 34.7 Å². The van der Waals surface area contributed by atoms with Crippen molar-refractivity contribution in [3.8, 4) is 0 Å². The van der Waals surface area contributed by atoms with Gasteiger partial charge in [0.15, 0.2) is 15.2 Å². The highest BCUT2D eigenvalue weighted by atomic mass is 32.2. The summed E-state index contributed by atoms with van der Waals surface area (Å²) in [7, 11) is 0. The van der Waals surface area contributed by atoms with Gasteiger partial charge >= 0.3 is 5.97 Å². The van der Waals surface area contributed by atoms with Gasteiger partial charge in [-0.1, -0.05) is 28.3 Å². The molecule has 3 amide bonds. The van der Waals surface area contributed by atoms with Crippen molar-refractivity contribution in [2.24, 2.45) is 5.16 Å². The highest BCUT2D eigenvalue weighted by molar-refractivity contribution is 8.01. The Bertz CT molecular complexity index is 1260. The van der Waals surface area contributed by atoms with Gasteiger partial charge in [-0.15, -0.1) is 33.3 Å². The minimum atomic E-state index is -1.20. The van der Waals surface area contributed by atoms with Gasteiger partial charge in [0.2, 0.25) is 6.41 Å². The number of thioether (sulfide) groups is 2. The standard InChI is InChI=1S/C19H17N7O6S4/c27-6-20-18-22-10(5-34-18)11(25-32-9-1-2-9)14(28)23-12-15(29)26-13(17(30)31)8(3-33-16(12)26)4-35-19-24-21-7-36-19/h5-7,9,12,16H,1-4H2,(H,23,28)(H,30,31)(H,20,22,27)/t12-,16+/m1/s1. The maximum atomic E-state index is 13.1. The second-order valence-corrected chi connectivity index (χ2v) is 11.7. The number of nitrogens with zero attached hydrogens (tertiary/aromatic N) is 5. The molecule has 0 aromatic carbocycles. The van der Waals surface area contributed by atoms with Gasteiger partial charge in [0.05, 0.1) is 0 Å². The van der Waals surface area contributed by atoms with E-state index in [1.165, 1.54) is 45.1 Å². The van der Waals surface area contributed by atoms with Crippen molar-refractivity contribution in [1.29, 1.82) is 0 Å². The zero-order valence-electron chi connectivity index (χ0n) is 18.2. The highest BCUT2D eigenvalue weighted by Crippen LogP contribution is 2.41. The number of rotatable bonds is 11. The Hall–Kier alpha value is -3.02. The van der Waals surface area contributed by atoms with E-state index in [4.69, 9.17) is 4.84 Å². The van der Waals surface area contributed by atoms with Crippen molar-refractivity contribution < 1.29 is 29.1 Å². The third kappa shape index (κ3) is 5.09. The van der Waals surface area contributed by atoms with Crippen LogP contribution < -0.4 is 10.6 Å². The lowest BCUT2D eigenvalue weighted by molar-refractivity contribution is -0.150. The zero-order valence-corrected chi connectivity index (χ0v) is 21.4.